The van der Waals surface area contributed by atoms with E-state index in [2.05, 4.69) is 0 Å². The molecule has 4 heteroatoms. The van der Waals surface area contributed by atoms with Gasteiger partial charge in [0.15, 0.2) is 0 Å². The van der Waals surface area contributed by atoms with Crippen LogP contribution in [0.15, 0.2) is 12.2 Å². The maximum atomic E-state index is 10.9. The number of carbonyl (C=O) groups is 1. The van der Waals surface area contributed by atoms with E-state index in [4.69, 9.17) is 5.11 Å². The molecule has 0 unspecified atom stereocenters. The van der Waals surface area contributed by atoms with Gasteiger partial charge in [-0.2, -0.15) is 0 Å². The first-order valence-electron chi connectivity index (χ1n) is 2.97. The second-order valence-electron chi connectivity index (χ2n) is 2.08. The van der Waals surface area contributed by atoms with Crippen LogP contribution in [-0.2, 0) is 15.6 Å². The van der Waals surface area contributed by atoms with Crippen molar-refractivity contribution >= 4 is 16.8 Å². The molecule has 0 aromatic heterocycles. The third kappa shape index (κ3) is 1.44. The van der Waals surface area contributed by atoms with E-state index in [-0.39, 0.29) is 0 Å². The van der Waals surface area contributed by atoms with Crippen LogP contribution in [0.3, 0.4) is 0 Å². The van der Waals surface area contributed by atoms with Crippen LogP contribution in [0.2, 0.25) is 0 Å². The van der Waals surface area contributed by atoms with Crippen LogP contribution in [0.1, 0.15) is 6.42 Å². The molecule has 0 amide bonds. The average molecular weight is 160 g/mol. The summed E-state index contributed by atoms with van der Waals surface area (Å²) in [4.78, 5) is 10.3. The number of hydrogen-bond donors (Lipinski definition) is 1. The summed E-state index contributed by atoms with van der Waals surface area (Å²) in [7, 11) is -1.19. The molecule has 2 atom stereocenters. The quantitative estimate of drug-likeness (QED) is 0.555. The molecule has 0 radical (unpaired) electrons. The van der Waals surface area contributed by atoms with Crippen LogP contribution in [-0.4, -0.2) is 26.3 Å². The van der Waals surface area contributed by atoms with Gasteiger partial charge >= 0.3 is 5.97 Å². The maximum Gasteiger partial charge on any atom is 0.319 e. The van der Waals surface area contributed by atoms with Gasteiger partial charge in [-0.3, -0.25) is 9.00 Å². The standard InChI is InChI=1S/C6H8O3S/c7-6(8)5-3-1-2-4-10(5)9/h1-2,5H,3-4H2,(H,7,8)/t5-,10+/m1/s1. The Morgan fingerprint density at radius 3 is 2.70 bits per heavy atom. The minimum Gasteiger partial charge on any atom is -0.480 e. The Balaban J connectivity index is 2.68. The van der Waals surface area contributed by atoms with Crippen molar-refractivity contribution in [2.75, 3.05) is 5.75 Å². The normalized spacial score (nSPS) is 32.0. The van der Waals surface area contributed by atoms with Crippen LogP contribution in [0.5, 0.6) is 0 Å². The highest BCUT2D eigenvalue weighted by atomic mass is 32.2. The van der Waals surface area contributed by atoms with E-state index in [0.717, 1.165) is 0 Å². The Morgan fingerprint density at radius 2 is 2.30 bits per heavy atom. The highest BCUT2D eigenvalue weighted by Crippen LogP contribution is 2.09. The lowest BCUT2D eigenvalue weighted by Gasteiger charge is -2.11. The minimum absolute atomic E-state index is 0.386. The van der Waals surface area contributed by atoms with Gasteiger partial charge in [-0.15, -0.1) is 0 Å². The van der Waals surface area contributed by atoms with Gasteiger partial charge in [0.1, 0.15) is 5.25 Å². The molecule has 56 valence electrons. The zero-order valence-electron chi connectivity index (χ0n) is 5.32. The Kier molecular flexibility index (Phi) is 2.21. The first-order chi connectivity index (χ1) is 4.72. The summed E-state index contributed by atoms with van der Waals surface area (Å²) in [6.45, 7) is 0. The molecule has 0 aromatic rings. The number of hydrogen-bond acceptors (Lipinski definition) is 2. The van der Waals surface area contributed by atoms with Crippen LogP contribution < -0.4 is 0 Å². The Bertz CT molecular complexity index is 197. The van der Waals surface area contributed by atoms with Crippen molar-refractivity contribution < 1.29 is 14.1 Å². The third-order valence-electron chi connectivity index (χ3n) is 1.37. The van der Waals surface area contributed by atoms with E-state index < -0.39 is 22.0 Å². The van der Waals surface area contributed by atoms with Gasteiger partial charge in [-0.1, -0.05) is 12.2 Å². The molecule has 10 heavy (non-hydrogen) atoms. The summed E-state index contributed by atoms with van der Waals surface area (Å²) >= 11 is 0. The minimum atomic E-state index is -1.19. The maximum absolute atomic E-state index is 10.9. The summed E-state index contributed by atoms with van der Waals surface area (Å²) in [6, 6.07) is 0. The molecule has 1 rings (SSSR count). The number of allylic oxidation sites excluding steroid dienone is 1. The van der Waals surface area contributed by atoms with E-state index >= 15 is 0 Å². The molecule has 0 bridgehead atoms. The van der Waals surface area contributed by atoms with Gasteiger partial charge < -0.3 is 5.11 Å². The fraction of sp³-hybridized carbons (Fsp3) is 0.500. The summed E-state index contributed by atoms with van der Waals surface area (Å²) in [5, 5.41) is 7.81. The lowest BCUT2D eigenvalue weighted by Crippen LogP contribution is -2.28. The third-order valence-corrected chi connectivity index (χ3v) is 2.92. The van der Waals surface area contributed by atoms with Gasteiger partial charge in [-0.05, 0) is 6.42 Å². The summed E-state index contributed by atoms with van der Waals surface area (Å²) < 4.78 is 10.9. The summed E-state index contributed by atoms with van der Waals surface area (Å²) in [5.74, 6) is -0.570. The van der Waals surface area contributed by atoms with E-state index in [1.54, 1.807) is 12.2 Å². The smallest absolute Gasteiger partial charge is 0.319 e. The molecule has 1 aliphatic heterocycles. The SMILES string of the molecule is O=C(O)[C@H]1CC=CC[S@@]1=O. The summed E-state index contributed by atoms with van der Waals surface area (Å²) in [6.07, 6.45) is 3.93. The molecular formula is C6H8O3S. The number of rotatable bonds is 1. The second kappa shape index (κ2) is 2.96. The predicted molar refractivity (Wildman–Crippen MR) is 38.2 cm³/mol. The molecule has 0 fully saturated rings. The molecule has 0 spiro atoms. The molecular weight excluding hydrogens is 152 g/mol. The fourth-order valence-corrected chi connectivity index (χ4v) is 1.93. The molecule has 3 nitrogen and oxygen atoms in total. The first kappa shape index (κ1) is 7.47. The second-order valence-corrected chi connectivity index (χ2v) is 3.75. The highest BCUT2D eigenvalue weighted by Gasteiger charge is 2.24. The Labute approximate surface area is 61.2 Å². The highest BCUT2D eigenvalue weighted by molar-refractivity contribution is 7.86. The molecule has 0 aliphatic carbocycles. The van der Waals surface area contributed by atoms with Gasteiger partial charge in [0.05, 0.1) is 0 Å². The van der Waals surface area contributed by atoms with Crippen molar-refractivity contribution in [2.24, 2.45) is 0 Å². The van der Waals surface area contributed by atoms with Gasteiger partial charge in [0.2, 0.25) is 0 Å². The largest absolute Gasteiger partial charge is 0.480 e. The van der Waals surface area contributed by atoms with E-state index in [1.807, 2.05) is 0 Å². The van der Waals surface area contributed by atoms with Crippen molar-refractivity contribution in [3.8, 4) is 0 Å². The van der Waals surface area contributed by atoms with Crippen molar-refractivity contribution in [2.45, 2.75) is 11.7 Å². The zero-order valence-corrected chi connectivity index (χ0v) is 6.13. The number of aliphatic carboxylic acids is 1. The van der Waals surface area contributed by atoms with E-state index in [1.165, 1.54) is 0 Å². The van der Waals surface area contributed by atoms with Crippen LogP contribution in [0, 0.1) is 0 Å². The van der Waals surface area contributed by atoms with Crippen molar-refractivity contribution in [3.63, 3.8) is 0 Å². The van der Waals surface area contributed by atoms with Crippen molar-refractivity contribution in [3.05, 3.63) is 12.2 Å². The lowest BCUT2D eigenvalue weighted by molar-refractivity contribution is -0.136. The molecule has 1 heterocycles. The number of carboxylic acids is 1. The monoisotopic (exact) mass is 160 g/mol. The topological polar surface area (TPSA) is 54.4 Å². The van der Waals surface area contributed by atoms with Gasteiger partial charge in [0.25, 0.3) is 0 Å². The van der Waals surface area contributed by atoms with Crippen molar-refractivity contribution in [1.82, 2.24) is 0 Å². The summed E-state index contributed by atoms with van der Waals surface area (Å²) in [5.41, 5.74) is 0. The Morgan fingerprint density at radius 1 is 1.60 bits per heavy atom. The number of carboxylic acid groups (broad SMARTS) is 1. The first-order valence-corrected chi connectivity index (χ1v) is 4.35. The zero-order chi connectivity index (χ0) is 7.56. The van der Waals surface area contributed by atoms with Crippen molar-refractivity contribution in [1.29, 1.82) is 0 Å². The molecule has 1 N–H and O–H groups in total. The van der Waals surface area contributed by atoms with Crippen LogP contribution >= 0.6 is 0 Å². The average Bonchev–Trinajstić information content (AvgIpc) is 1.88. The van der Waals surface area contributed by atoms with E-state index in [9.17, 15) is 9.00 Å². The fourth-order valence-electron chi connectivity index (χ4n) is 0.819. The predicted octanol–water partition coefficient (Wildman–Crippen LogP) is 0.148. The van der Waals surface area contributed by atoms with E-state index in [0.29, 0.717) is 12.2 Å². The lowest BCUT2D eigenvalue weighted by atomic mass is 10.3. The van der Waals surface area contributed by atoms with Gasteiger partial charge in [0, 0.05) is 16.6 Å². The molecule has 0 saturated carbocycles. The molecule has 0 saturated heterocycles. The van der Waals surface area contributed by atoms with Gasteiger partial charge in [-0.25, -0.2) is 0 Å². The molecule has 1 aliphatic rings. The van der Waals surface area contributed by atoms with Crippen LogP contribution in [0.4, 0.5) is 0 Å². The Hall–Kier alpha value is -0.640. The molecule has 0 aromatic carbocycles. The van der Waals surface area contributed by atoms with Crippen LogP contribution in [0.25, 0.3) is 0 Å².